The van der Waals surface area contributed by atoms with Crippen LogP contribution in [0.15, 0.2) is 88.7 Å². The number of imide groups is 1. The van der Waals surface area contributed by atoms with Crippen LogP contribution in [-0.2, 0) is 26.3 Å². The summed E-state index contributed by atoms with van der Waals surface area (Å²) in [7, 11) is 1.59. The number of rotatable bonds is 6. The summed E-state index contributed by atoms with van der Waals surface area (Å²) in [4.78, 5) is 57.3. The Morgan fingerprint density at radius 1 is 0.896 bits per heavy atom. The predicted molar refractivity (Wildman–Crippen MR) is 188 cm³/mol. The van der Waals surface area contributed by atoms with E-state index < -0.39 is 0 Å². The molecule has 3 heterocycles. The van der Waals surface area contributed by atoms with Gasteiger partial charge >= 0.3 is 4.87 Å². The predicted octanol–water partition coefficient (Wildman–Crippen LogP) is 6.53. The number of hydrogen-bond acceptors (Lipinski definition) is 7. The minimum Gasteiger partial charge on any atom is -0.497 e. The van der Waals surface area contributed by atoms with Gasteiger partial charge in [-0.3, -0.25) is 28.6 Å². The van der Waals surface area contributed by atoms with E-state index in [1.165, 1.54) is 21.8 Å². The first-order chi connectivity index (χ1) is 23.0. The van der Waals surface area contributed by atoms with E-state index in [2.05, 4.69) is 50.4 Å². The number of nitrogens with one attached hydrogen (secondary N) is 1. The van der Waals surface area contributed by atoms with Crippen LogP contribution in [0.5, 0.6) is 5.75 Å². The molecule has 2 aliphatic heterocycles. The molecule has 1 N–H and O–H groups in total. The second kappa shape index (κ2) is 11.5. The SMILES string of the molecule is COc1ccc(NC(=O)Cn2c3c(sc2=O)C(c2ccc(C(C)(C)C)cc2)C2C4CC(C2S3)C2C(=O)N(c3ccccc3)C(=O)C42)cc1. The third-order valence-electron chi connectivity index (χ3n) is 10.8. The molecule has 7 atom stereocenters. The lowest BCUT2D eigenvalue weighted by molar-refractivity contribution is -0.123. The molecule has 4 aromatic rings. The minimum atomic E-state index is -0.376. The molecule has 7 unspecified atom stereocenters. The van der Waals surface area contributed by atoms with Crippen LogP contribution >= 0.6 is 23.1 Å². The van der Waals surface area contributed by atoms with E-state index in [1.54, 1.807) is 47.7 Å². The molecule has 3 aromatic carbocycles. The molecule has 2 aliphatic carbocycles. The van der Waals surface area contributed by atoms with Crippen molar-refractivity contribution in [1.82, 2.24) is 4.57 Å². The molecule has 4 aliphatic rings. The molecule has 0 spiro atoms. The molecular weight excluding hydrogens is 643 g/mol. The van der Waals surface area contributed by atoms with Gasteiger partial charge in [-0.15, -0.1) is 11.8 Å². The van der Waals surface area contributed by atoms with Gasteiger partial charge in [0.15, 0.2) is 0 Å². The number of thiazole rings is 1. The molecule has 2 saturated carbocycles. The Balaban J connectivity index is 1.17. The van der Waals surface area contributed by atoms with Gasteiger partial charge in [-0.25, -0.2) is 0 Å². The minimum absolute atomic E-state index is 0.00115. The van der Waals surface area contributed by atoms with Crippen LogP contribution in [0.25, 0.3) is 0 Å². The maximum absolute atomic E-state index is 14.1. The van der Waals surface area contributed by atoms with Crippen LogP contribution in [0.4, 0.5) is 11.4 Å². The number of para-hydroxylation sites is 1. The average Bonchev–Trinajstić information content (AvgIpc) is 3.80. The third kappa shape index (κ3) is 4.86. The summed E-state index contributed by atoms with van der Waals surface area (Å²) < 4.78 is 6.84. The van der Waals surface area contributed by atoms with Gasteiger partial charge in [-0.1, -0.05) is 74.6 Å². The Bertz CT molecular complexity index is 1980. The van der Waals surface area contributed by atoms with Crippen molar-refractivity contribution >= 4 is 52.2 Å². The Morgan fingerprint density at radius 3 is 2.21 bits per heavy atom. The van der Waals surface area contributed by atoms with Crippen molar-refractivity contribution in [2.75, 3.05) is 17.3 Å². The Kier molecular flexibility index (Phi) is 7.45. The van der Waals surface area contributed by atoms with Gasteiger partial charge in [0.05, 0.1) is 29.7 Å². The van der Waals surface area contributed by atoms with E-state index in [0.29, 0.717) is 17.1 Å². The number of nitrogens with zero attached hydrogens (tertiary/aromatic N) is 2. The van der Waals surface area contributed by atoms with Crippen LogP contribution in [0, 0.1) is 29.6 Å². The van der Waals surface area contributed by atoms with E-state index in [4.69, 9.17) is 4.74 Å². The summed E-state index contributed by atoms with van der Waals surface area (Å²) in [5.74, 6) is -0.563. The lowest BCUT2D eigenvalue weighted by Crippen LogP contribution is -2.43. The van der Waals surface area contributed by atoms with E-state index >= 15 is 0 Å². The Morgan fingerprint density at radius 2 is 1.56 bits per heavy atom. The topological polar surface area (TPSA) is 97.7 Å². The molecular formula is C38H37N3O5S2. The van der Waals surface area contributed by atoms with Crippen molar-refractivity contribution in [3.05, 3.63) is 105 Å². The zero-order chi connectivity index (χ0) is 33.5. The lowest BCUT2D eigenvalue weighted by atomic mass is 9.68. The summed E-state index contributed by atoms with van der Waals surface area (Å²) >= 11 is 2.85. The maximum Gasteiger partial charge on any atom is 0.308 e. The fourth-order valence-electron chi connectivity index (χ4n) is 8.67. The van der Waals surface area contributed by atoms with Crippen molar-refractivity contribution < 1.29 is 19.1 Å². The van der Waals surface area contributed by atoms with Gasteiger partial charge in [0.2, 0.25) is 17.7 Å². The molecule has 0 radical (unpaired) electrons. The molecule has 10 heteroatoms. The molecule has 246 valence electrons. The van der Waals surface area contributed by atoms with E-state index in [-0.39, 0.29) is 75.3 Å². The lowest BCUT2D eigenvalue weighted by Gasteiger charge is -2.43. The van der Waals surface area contributed by atoms with Gasteiger partial charge in [-0.05, 0) is 77.1 Å². The van der Waals surface area contributed by atoms with Crippen LogP contribution in [0.1, 0.15) is 49.1 Å². The number of ether oxygens (including phenoxy) is 1. The molecule has 48 heavy (non-hydrogen) atoms. The average molecular weight is 680 g/mol. The molecule has 8 nitrogen and oxygen atoms in total. The first-order valence-electron chi connectivity index (χ1n) is 16.4. The molecule has 1 saturated heterocycles. The zero-order valence-electron chi connectivity index (χ0n) is 27.2. The van der Waals surface area contributed by atoms with Crippen molar-refractivity contribution in [3.63, 3.8) is 0 Å². The third-order valence-corrected chi connectivity index (χ3v) is 13.6. The van der Waals surface area contributed by atoms with Crippen LogP contribution in [-0.4, -0.2) is 34.6 Å². The van der Waals surface area contributed by atoms with Gasteiger partial charge in [0, 0.05) is 21.7 Å². The monoisotopic (exact) mass is 679 g/mol. The summed E-state index contributed by atoms with van der Waals surface area (Å²) in [5.41, 5.74) is 3.56. The van der Waals surface area contributed by atoms with Gasteiger partial charge in [0.1, 0.15) is 12.3 Å². The highest BCUT2D eigenvalue weighted by atomic mass is 32.2. The van der Waals surface area contributed by atoms with Gasteiger partial charge in [-0.2, -0.15) is 0 Å². The Hall–Kier alpha value is -4.15. The first kappa shape index (κ1) is 31.1. The summed E-state index contributed by atoms with van der Waals surface area (Å²) in [6.45, 7) is 6.45. The first-order valence-corrected chi connectivity index (χ1v) is 18.1. The van der Waals surface area contributed by atoms with Crippen LogP contribution in [0.2, 0.25) is 0 Å². The molecule has 8 rings (SSSR count). The summed E-state index contributed by atoms with van der Waals surface area (Å²) in [5, 5.41) is 3.76. The van der Waals surface area contributed by atoms with E-state index in [1.807, 2.05) is 30.3 Å². The number of carbonyl (C=O) groups is 3. The largest absolute Gasteiger partial charge is 0.497 e. The number of aromatic nitrogens is 1. The van der Waals surface area contributed by atoms with Crippen molar-refractivity contribution in [2.45, 2.75) is 55.3 Å². The second-order valence-corrected chi connectivity index (χ2v) is 16.5. The van der Waals surface area contributed by atoms with Crippen molar-refractivity contribution in [1.29, 1.82) is 0 Å². The Labute approximate surface area is 287 Å². The fraction of sp³-hybridized carbons (Fsp3) is 0.368. The second-order valence-electron chi connectivity index (χ2n) is 14.4. The number of fused-ring (bicyclic) bond motifs is 9. The molecule has 3 amide bonds. The standard InChI is InChI=1S/C38H37N3O5S2/c1-38(2,3)21-12-10-20(11-13-21)28-29-25-18-26(31-30(25)34(43)41(35(31)44)23-8-6-5-7-9-23)32(29)47-36-33(28)48-37(45)40(36)19-27(42)39-22-14-16-24(46-4)17-15-22/h5-17,25-26,28-32H,18-19H2,1-4H3,(H,39,42). The number of carbonyl (C=O) groups excluding carboxylic acids is 3. The molecule has 2 bridgehead atoms. The van der Waals surface area contributed by atoms with Crippen LogP contribution < -0.4 is 19.8 Å². The number of methoxy groups -OCH3 is 1. The van der Waals surface area contributed by atoms with Gasteiger partial charge < -0.3 is 10.1 Å². The smallest absolute Gasteiger partial charge is 0.308 e. The number of amides is 3. The summed E-state index contributed by atoms with van der Waals surface area (Å²) in [6.07, 6.45) is 0.811. The molecule has 3 fully saturated rings. The highest BCUT2D eigenvalue weighted by molar-refractivity contribution is 8.00. The normalized spacial score (nSPS) is 27.1. The fourth-order valence-corrected chi connectivity index (χ4v) is 11.8. The van der Waals surface area contributed by atoms with Crippen molar-refractivity contribution in [3.8, 4) is 5.75 Å². The highest BCUT2D eigenvalue weighted by Crippen LogP contribution is 2.69. The summed E-state index contributed by atoms with van der Waals surface area (Å²) in [6, 6.07) is 25.0. The molecule has 1 aromatic heterocycles. The van der Waals surface area contributed by atoms with Crippen molar-refractivity contribution in [2.24, 2.45) is 29.6 Å². The zero-order valence-corrected chi connectivity index (χ0v) is 28.8. The van der Waals surface area contributed by atoms with Crippen LogP contribution in [0.3, 0.4) is 0 Å². The highest BCUT2D eigenvalue weighted by Gasteiger charge is 2.69. The maximum atomic E-state index is 14.1. The number of benzene rings is 3. The quantitative estimate of drug-likeness (QED) is 0.233. The van der Waals surface area contributed by atoms with E-state index in [9.17, 15) is 19.2 Å². The number of anilines is 2. The number of hydrogen-bond donors (Lipinski definition) is 1. The van der Waals surface area contributed by atoms with Gasteiger partial charge in [0.25, 0.3) is 0 Å². The number of thioether (sulfide) groups is 1. The van der Waals surface area contributed by atoms with E-state index in [0.717, 1.165) is 21.9 Å².